The number of fused-ring (bicyclic) bond motifs is 1. The Kier molecular flexibility index (Phi) is 3.45. The fraction of sp³-hybridized carbons (Fsp3) is 0.235. The SMILES string of the molecule is CCc1ccc(Cn2c(=S)[nH]c3c(C)cccc32)cc1. The van der Waals surface area contributed by atoms with Gasteiger partial charge in [-0.25, -0.2) is 0 Å². The monoisotopic (exact) mass is 282 g/mol. The van der Waals surface area contributed by atoms with E-state index in [0.29, 0.717) is 0 Å². The van der Waals surface area contributed by atoms with Crippen LogP contribution in [-0.4, -0.2) is 9.55 Å². The Morgan fingerprint density at radius 3 is 2.45 bits per heavy atom. The molecule has 0 aliphatic rings. The topological polar surface area (TPSA) is 20.7 Å². The molecule has 102 valence electrons. The number of benzene rings is 2. The molecule has 1 aromatic heterocycles. The van der Waals surface area contributed by atoms with Crippen LogP contribution in [0.1, 0.15) is 23.6 Å². The quantitative estimate of drug-likeness (QED) is 0.695. The normalized spacial score (nSPS) is 11.1. The van der Waals surface area contributed by atoms with Crippen molar-refractivity contribution in [3.05, 3.63) is 63.9 Å². The van der Waals surface area contributed by atoms with E-state index in [0.717, 1.165) is 23.3 Å². The van der Waals surface area contributed by atoms with Gasteiger partial charge in [-0.3, -0.25) is 0 Å². The fourth-order valence-corrected chi connectivity index (χ4v) is 2.81. The number of hydrogen-bond donors (Lipinski definition) is 1. The molecule has 3 heteroatoms. The van der Waals surface area contributed by atoms with E-state index in [2.05, 4.69) is 65.9 Å². The lowest BCUT2D eigenvalue weighted by molar-refractivity contribution is 0.810. The highest BCUT2D eigenvalue weighted by atomic mass is 32.1. The number of aryl methyl sites for hydroxylation is 2. The van der Waals surface area contributed by atoms with Gasteiger partial charge in [0.05, 0.1) is 17.6 Å². The summed E-state index contributed by atoms with van der Waals surface area (Å²) < 4.78 is 2.95. The predicted molar refractivity (Wildman–Crippen MR) is 86.8 cm³/mol. The summed E-state index contributed by atoms with van der Waals surface area (Å²) in [7, 11) is 0. The van der Waals surface area contributed by atoms with Crippen LogP contribution in [0, 0.1) is 11.7 Å². The minimum atomic E-state index is 0.786. The molecular formula is C17H18N2S. The van der Waals surface area contributed by atoms with E-state index in [1.807, 2.05) is 0 Å². The summed E-state index contributed by atoms with van der Waals surface area (Å²) in [5.74, 6) is 0. The Hall–Kier alpha value is -1.87. The second-order valence-corrected chi connectivity index (χ2v) is 5.54. The summed E-state index contributed by atoms with van der Waals surface area (Å²) in [6.45, 7) is 5.09. The Labute approximate surface area is 124 Å². The van der Waals surface area contributed by atoms with Crippen molar-refractivity contribution >= 4 is 23.3 Å². The number of H-pyrrole nitrogens is 1. The van der Waals surface area contributed by atoms with Crippen molar-refractivity contribution in [1.82, 2.24) is 9.55 Å². The van der Waals surface area contributed by atoms with E-state index < -0.39 is 0 Å². The molecule has 3 rings (SSSR count). The van der Waals surface area contributed by atoms with E-state index in [4.69, 9.17) is 12.2 Å². The second-order valence-electron chi connectivity index (χ2n) is 5.16. The van der Waals surface area contributed by atoms with Crippen molar-refractivity contribution in [2.45, 2.75) is 26.8 Å². The second kappa shape index (κ2) is 5.25. The summed E-state index contributed by atoms with van der Waals surface area (Å²) in [4.78, 5) is 3.32. The average Bonchev–Trinajstić information content (AvgIpc) is 2.78. The van der Waals surface area contributed by atoms with Crippen LogP contribution in [0.25, 0.3) is 11.0 Å². The van der Waals surface area contributed by atoms with Crippen molar-refractivity contribution in [2.24, 2.45) is 0 Å². The van der Waals surface area contributed by atoms with Crippen LogP contribution < -0.4 is 0 Å². The maximum Gasteiger partial charge on any atom is 0.178 e. The van der Waals surface area contributed by atoms with Gasteiger partial charge in [0.2, 0.25) is 0 Å². The molecule has 2 nitrogen and oxygen atoms in total. The van der Waals surface area contributed by atoms with Crippen LogP contribution in [0.4, 0.5) is 0 Å². The summed E-state index contributed by atoms with van der Waals surface area (Å²) in [6.07, 6.45) is 1.08. The molecule has 0 atom stereocenters. The van der Waals surface area contributed by atoms with Crippen molar-refractivity contribution in [3.63, 3.8) is 0 Å². The first-order valence-electron chi connectivity index (χ1n) is 6.95. The van der Waals surface area contributed by atoms with Gasteiger partial charge in [0.1, 0.15) is 0 Å². The lowest BCUT2D eigenvalue weighted by Gasteiger charge is -2.06. The molecule has 0 bridgehead atoms. The number of para-hydroxylation sites is 1. The van der Waals surface area contributed by atoms with E-state index >= 15 is 0 Å². The molecule has 2 aromatic carbocycles. The van der Waals surface area contributed by atoms with Crippen LogP contribution in [0.15, 0.2) is 42.5 Å². The van der Waals surface area contributed by atoms with Crippen molar-refractivity contribution in [1.29, 1.82) is 0 Å². The third-order valence-corrected chi connectivity index (χ3v) is 4.11. The molecule has 1 heterocycles. The van der Waals surface area contributed by atoms with Crippen molar-refractivity contribution in [3.8, 4) is 0 Å². The largest absolute Gasteiger partial charge is 0.330 e. The average molecular weight is 282 g/mol. The van der Waals surface area contributed by atoms with Gasteiger partial charge >= 0.3 is 0 Å². The fourth-order valence-electron chi connectivity index (χ4n) is 2.54. The summed E-state index contributed by atoms with van der Waals surface area (Å²) in [6, 6.07) is 15.1. The Morgan fingerprint density at radius 1 is 1.05 bits per heavy atom. The highest BCUT2D eigenvalue weighted by Crippen LogP contribution is 2.19. The highest BCUT2D eigenvalue weighted by Gasteiger charge is 2.06. The van der Waals surface area contributed by atoms with Crippen LogP contribution in [-0.2, 0) is 13.0 Å². The zero-order chi connectivity index (χ0) is 14.1. The maximum absolute atomic E-state index is 5.47. The lowest BCUT2D eigenvalue weighted by atomic mass is 10.1. The number of nitrogens with one attached hydrogen (secondary N) is 1. The third kappa shape index (κ3) is 2.29. The first-order valence-corrected chi connectivity index (χ1v) is 7.36. The molecule has 0 saturated heterocycles. The molecule has 0 spiro atoms. The molecule has 0 fully saturated rings. The zero-order valence-corrected chi connectivity index (χ0v) is 12.6. The summed E-state index contributed by atoms with van der Waals surface area (Å²) >= 11 is 5.47. The van der Waals surface area contributed by atoms with Gasteiger partial charge in [0.25, 0.3) is 0 Å². The standard InChI is InChI=1S/C17H18N2S/c1-3-13-7-9-14(10-8-13)11-19-15-6-4-5-12(2)16(15)18-17(19)20/h4-10H,3,11H2,1-2H3,(H,18,20). The van der Waals surface area contributed by atoms with Gasteiger partial charge in [-0.2, -0.15) is 0 Å². The van der Waals surface area contributed by atoms with E-state index in [1.54, 1.807) is 0 Å². The Bertz CT molecular complexity index is 794. The molecule has 20 heavy (non-hydrogen) atoms. The molecule has 0 aliphatic heterocycles. The van der Waals surface area contributed by atoms with Crippen molar-refractivity contribution < 1.29 is 0 Å². The predicted octanol–water partition coefficient (Wildman–Crippen LogP) is 4.62. The zero-order valence-electron chi connectivity index (χ0n) is 11.8. The van der Waals surface area contributed by atoms with Crippen LogP contribution in [0.2, 0.25) is 0 Å². The molecule has 0 radical (unpaired) electrons. The highest BCUT2D eigenvalue weighted by molar-refractivity contribution is 7.71. The summed E-state index contributed by atoms with van der Waals surface area (Å²) in [5, 5.41) is 0. The van der Waals surface area contributed by atoms with Gasteiger partial charge in [-0.05, 0) is 48.3 Å². The number of aromatic amines is 1. The molecule has 3 aromatic rings. The van der Waals surface area contributed by atoms with Gasteiger partial charge in [-0.1, -0.05) is 43.3 Å². The van der Waals surface area contributed by atoms with E-state index in [9.17, 15) is 0 Å². The minimum Gasteiger partial charge on any atom is -0.330 e. The van der Waals surface area contributed by atoms with Crippen LogP contribution in [0.5, 0.6) is 0 Å². The van der Waals surface area contributed by atoms with Gasteiger partial charge in [0, 0.05) is 0 Å². The van der Waals surface area contributed by atoms with Crippen molar-refractivity contribution in [2.75, 3.05) is 0 Å². The number of hydrogen-bond acceptors (Lipinski definition) is 1. The van der Waals surface area contributed by atoms with Gasteiger partial charge in [-0.15, -0.1) is 0 Å². The molecule has 0 amide bonds. The maximum atomic E-state index is 5.47. The number of aromatic nitrogens is 2. The molecule has 0 aliphatic carbocycles. The number of nitrogens with zero attached hydrogens (tertiary/aromatic N) is 1. The first kappa shape index (κ1) is 13.1. The minimum absolute atomic E-state index is 0.786. The van der Waals surface area contributed by atoms with Crippen LogP contribution >= 0.6 is 12.2 Å². The van der Waals surface area contributed by atoms with Gasteiger partial charge in [0.15, 0.2) is 4.77 Å². The molecular weight excluding hydrogens is 264 g/mol. The first-order chi connectivity index (χ1) is 9.69. The lowest BCUT2D eigenvalue weighted by Crippen LogP contribution is -1.99. The van der Waals surface area contributed by atoms with Crippen LogP contribution in [0.3, 0.4) is 0 Å². The third-order valence-electron chi connectivity index (χ3n) is 3.79. The van der Waals surface area contributed by atoms with E-state index in [1.165, 1.54) is 22.2 Å². The molecule has 0 unspecified atom stereocenters. The smallest absolute Gasteiger partial charge is 0.178 e. The van der Waals surface area contributed by atoms with Gasteiger partial charge < -0.3 is 9.55 Å². The Morgan fingerprint density at radius 2 is 1.75 bits per heavy atom. The summed E-state index contributed by atoms with van der Waals surface area (Å²) in [5.41, 5.74) is 6.19. The molecule has 0 saturated carbocycles. The number of imidazole rings is 1. The van der Waals surface area contributed by atoms with E-state index in [-0.39, 0.29) is 0 Å². The molecule has 1 N–H and O–H groups in total. The Balaban J connectivity index is 2.04. The number of rotatable bonds is 3.